The third kappa shape index (κ3) is 1.95. The van der Waals surface area contributed by atoms with E-state index in [1.165, 1.54) is 16.0 Å². The highest BCUT2D eigenvalue weighted by molar-refractivity contribution is 7.20. The maximum atomic E-state index is 11.1. The van der Waals surface area contributed by atoms with Crippen molar-refractivity contribution < 1.29 is 4.79 Å². The van der Waals surface area contributed by atoms with Crippen LogP contribution in [0.5, 0.6) is 0 Å². The Bertz CT molecular complexity index is 729. The Morgan fingerprint density at radius 3 is 2.84 bits per heavy atom. The van der Waals surface area contributed by atoms with Gasteiger partial charge in [0.1, 0.15) is 5.15 Å². The van der Waals surface area contributed by atoms with E-state index in [1.807, 2.05) is 31.2 Å². The Hall–Kier alpha value is -1.72. The number of nitrogens with zero attached hydrogens (tertiary/aromatic N) is 3. The van der Waals surface area contributed by atoms with Crippen molar-refractivity contribution in [3.8, 4) is 5.13 Å². The fourth-order valence-electron chi connectivity index (χ4n) is 1.91. The van der Waals surface area contributed by atoms with Crippen LogP contribution in [0.3, 0.4) is 0 Å². The van der Waals surface area contributed by atoms with Crippen molar-refractivity contribution >= 4 is 39.4 Å². The van der Waals surface area contributed by atoms with Crippen molar-refractivity contribution in [2.24, 2.45) is 0 Å². The van der Waals surface area contributed by atoms with Gasteiger partial charge in [0.05, 0.1) is 21.5 Å². The summed E-state index contributed by atoms with van der Waals surface area (Å²) in [5.41, 5.74) is 2.04. The molecule has 0 N–H and O–H groups in total. The predicted octanol–water partition coefficient (Wildman–Crippen LogP) is 3.51. The summed E-state index contributed by atoms with van der Waals surface area (Å²) in [6, 6.07) is 7.83. The first-order chi connectivity index (χ1) is 9.24. The van der Waals surface area contributed by atoms with Crippen LogP contribution >= 0.6 is 22.9 Å². The molecule has 0 atom stereocenters. The number of para-hydroxylation sites is 1. The number of fused-ring (bicyclic) bond motifs is 1. The molecule has 2 heterocycles. The zero-order valence-electron chi connectivity index (χ0n) is 10.1. The van der Waals surface area contributed by atoms with Gasteiger partial charge in [-0.05, 0) is 18.6 Å². The van der Waals surface area contributed by atoms with Crippen LogP contribution in [0.4, 0.5) is 0 Å². The molecule has 0 aliphatic rings. The van der Waals surface area contributed by atoms with Crippen LogP contribution in [0.15, 0.2) is 24.3 Å². The molecule has 0 unspecified atom stereocenters. The van der Waals surface area contributed by atoms with E-state index in [2.05, 4.69) is 10.1 Å². The molecule has 96 valence electrons. The van der Waals surface area contributed by atoms with E-state index in [0.29, 0.717) is 28.0 Å². The summed E-state index contributed by atoms with van der Waals surface area (Å²) in [4.78, 5) is 15.6. The van der Waals surface area contributed by atoms with Gasteiger partial charge in [0.2, 0.25) is 5.13 Å². The molecule has 3 rings (SSSR count). The highest BCUT2D eigenvalue weighted by Gasteiger charge is 2.17. The lowest BCUT2D eigenvalue weighted by Crippen LogP contribution is -1.96. The van der Waals surface area contributed by atoms with Gasteiger partial charge in [-0.25, -0.2) is 4.98 Å². The minimum absolute atomic E-state index is 0.325. The highest BCUT2D eigenvalue weighted by Crippen LogP contribution is 2.28. The molecule has 0 fully saturated rings. The zero-order chi connectivity index (χ0) is 13.4. The smallest absolute Gasteiger partial charge is 0.212 e. The number of rotatable bonds is 3. The van der Waals surface area contributed by atoms with Gasteiger partial charge < -0.3 is 0 Å². The minimum Gasteiger partial charge on any atom is -0.298 e. The summed E-state index contributed by atoms with van der Waals surface area (Å²) in [5, 5.41) is 5.37. The van der Waals surface area contributed by atoms with E-state index in [1.54, 1.807) is 0 Å². The fraction of sp³-hybridized carbons (Fsp3) is 0.154. The Morgan fingerprint density at radius 2 is 2.21 bits per heavy atom. The van der Waals surface area contributed by atoms with Crippen molar-refractivity contribution in [1.82, 2.24) is 14.8 Å². The number of hydrogen-bond acceptors (Lipinski definition) is 4. The Labute approximate surface area is 118 Å². The maximum absolute atomic E-state index is 11.1. The molecule has 0 saturated carbocycles. The standard InChI is InChI=1S/C13H10ClN3OS/c1-2-9-8(7-18)12(14)17(16-9)13-15-10-5-3-4-6-11(10)19-13/h3-7H,2H2,1H3. The van der Waals surface area contributed by atoms with Gasteiger partial charge in [0.25, 0.3) is 0 Å². The molecule has 0 spiro atoms. The van der Waals surface area contributed by atoms with E-state index >= 15 is 0 Å². The van der Waals surface area contributed by atoms with E-state index in [4.69, 9.17) is 11.6 Å². The lowest BCUT2D eigenvalue weighted by atomic mass is 10.2. The van der Waals surface area contributed by atoms with Gasteiger partial charge in [-0.3, -0.25) is 4.79 Å². The number of aromatic nitrogens is 3. The van der Waals surface area contributed by atoms with Crippen molar-refractivity contribution in [2.75, 3.05) is 0 Å². The van der Waals surface area contributed by atoms with E-state index in [9.17, 15) is 4.79 Å². The van der Waals surface area contributed by atoms with Crippen LogP contribution in [-0.2, 0) is 6.42 Å². The average Bonchev–Trinajstić information content (AvgIpc) is 2.98. The Balaban J connectivity index is 2.21. The van der Waals surface area contributed by atoms with Crippen LogP contribution in [0, 0.1) is 0 Å². The third-order valence-electron chi connectivity index (χ3n) is 2.86. The molecular formula is C13H10ClN3OS. The van der Waals surface area contributed by atoms with Crippen LogP contribution < -0.4 is 0 Å². The van der Waals surface area contributed by atoms with E-state index in [0.717, 1.165) is 16.5 Å². The molecule has 0 saturated heterocycles. The Kier molecular flexibility index (Phi) is 3.08. The summed E-state index contributed by atoms with van der Waals surface area (Å²) < 4.78 is 2.60. The molecular weight excluding hydrogens is 282 g/mol. The maximum Gasteiger partial charge on any atom is 0.212 e. The number of halogens is 1. The van der Waals surface area contributed by atoms with Gasteiger partial charge in [-0.2, -0.15) is 9.78 Å². The number of hydrogen-bond donors (Lipinski definition) is 0. The molecule has 4 nitrogen and oxygen atoms in total. The van der Waals surface area contributed by atoms with Crippen molar-refractivity contribution in [1.29, 1.82) is 0 Å². The first-order valence-corrected chi connectivity index (χ1v) is 7.02. The van der Waals surface area contributed by atoms with Crippen LogP contribution in [-0.4, -0.2) is 21.1 Å². The quantitative estimate of drug-likeness (QED) is 0.694. The largest absolute Gasteiger partial charge is 0.298 e. The normalized spacial score (nSPS) is 11.1. The molecule has 0 radical (unpaired) electrons. The van der Waals surface area contributed by atoms with Crippen molar-refractivity contribution in [2.45, 2.75) is 13.3 Å². The van der Waals surface area contributed by atoms with Gasteiger partial charge in [-0.15, -0.1) is 0 Å². The van der Waals surface area contributed by atoms with Crippen molar-refractivity contribution in [3.63, 3.8) is 0 Å². The van der Waals surface area contributed by atoms with Crippen LogP contribution in [0.25, 0.3) is 15.3 Å². The zero-order valence-corrected chi connectivity index (χ0v) is 11.7. The lowest BCUT2D eigenvalue weighted by molar-refractivity contribution is 0.112. The lowest BCUT2D eigenvalue weighted by Gasteiger charge is -1.95. The third-order valence-corrected chi connectivity index (χ3v) is 4.23. The van der Waals surface area contributed by atoms with Gasteiger partial charge >= 0.3 is 0 Å². The first-order valence-electron chi connectivity index (χ1n) is 5.83. The number of thiazole rings is 1. The highest BCUT2D eigenvalue weighted by atomic mass is 35.5. The summed E-state index contributed by atoms with van der Waals surface area (Å²) >= 11 is 7.70. The molecule has 0 aliphatic heterocycles. The molecule has 3 aromatic rings. The second kappa shape index (κ2) is 4.75. The molecule has 1 aromatic carbocycles. The summed E-state index contributed by atoms with van der Waals surface area (Å²) in [7, 11) is 0. The molecule has 19 heavy (non-hydrogen) atoms. The molecule has 0 amide bonds. The monoisotopic (exact) mass is 291 g/mol. The van der Waals surface area contributed by atoms with Gasteiger partial charge in [-0.1, -0.05) is 42.0 Å². The number of carbonyl (C=O) groups excluding carboxylic acids is 1. The molecule has 0 aliphatic carbocycles. The SMILES string of the molecule is CCc1nn(-c2nc3ccccc3s2)c(Cl)c1C=O. The number of aryl methyl sites for hydroxylation is 1. The number of carbonyl (C=O) groups is 1. The summed E-state index contributed by atoms with van der Waals surface area (Å²) in [6.45, 7) is 1.94. The summed E-state index contributed by atoms with van der Waals surface area (Å²) in [5.74, 6) is 0. The average molecular weight is 292 g/mol. The second-order valence-corrected chi connectivity index (χ2v) is 5.37. The van der Waals surface area contributed by atoms with Crippen LogP contribution in [0.1, 0.15) is 23.0 Å². The van der Waals surface area contributed by atoms with Gasteiger partial charge in [0.15, 0.2) is 6.29 Å². The number of aldehydes is 1. The van der Waals surface area contributed by atoms with Crippen molar-refractivity contribution in [3.05, 3.63) is 40.7 Å². The summed E-state index contributed by atoms with van der Waals surface area (Å²) in [6.07, 6.45) is 1.41. The molecule has 2 aromatic heterocycles. The minimum atomic E-state index is 0.325. The fourth-order valence-corrected chi connectivity index (χ4v) is 3.15. The van der Waals surface area contributed by atoms with Crippen LogP contribution in [0.2, 0.25) is 5.15 Å². The predicted molar refractivity (Wildman–Crippen MR) is 76.5 cm³/mol. The Morgan fingerprint density at radius 1 is 1.42 bits per heavy atom. The second-order valence-electron chi connectivity index (χ2n) is 4.00. The van der Waals surface area contributed by atoms with E-state index in [-0.39, 0.29) is 0 Å². The van der Waals surface area contributed by atoms with E-state index < -0.39 is 0 Å². The molecule has 6 heteroatoms. The number of benzene rings is 1. The van der Waals surface area contributed by atoms with Gasteiger partial charge in [0, 0.05) is 0 Å². The molecule has 0 bridgehead atoms. The topological polar surface area (TPSA) is 47.8 Å². The first kappa shape index (κ1) is 12.3.